The summed E-state index contributed by atoms with van der Waals surface area (Å²) in [6.07, 6.45) is 3.65. The Bertz CT molecular complexity index is 694. The topological polar surface area (TPSA) is 17.8 Å². The van der Waals surface area contributed by atoms with Crippen molar-refractivity contribution in [1.29, 1.82) is 0 Å². The smallest absolute Gasteiger partial charge is 0.238 e. The molecule has 1 heterocycles. The van der Waals surface area contributed by atoms with Gasteiger partial charge in [0.05, 0.1) is 16.9 Å². The third-order valence-electron chi connectivity index (χ3n) is 3.44. The van der Waals surface area contributed by atoms with E-state index < -0.39 is 11.7 Å². The van der Waals surface area contributed by atoms with Gasteiger partial charge in [-0.15, -0.1) is 0 Å². The van der Waals surface area contributed by atoms with Crippen molar-refractivity contribution in [2.24, 2.45) is 0 Å². The number of benzene rings is 1. The molecule has 1 aromatic carbocycles. The monoisotopic (exact) mass is 290 g/mol. The van der Waals surface area contributed by atoms with Crippen molar-refractivity contribution in [1.82, 2.24) is 9.78 Å². The molecule has 0 amide bonds. The normalized spacial score (nSPS) is 15.0. The lowest BCUT2D eigenvalue weighted by atomic mass is 10.1. The van der Waals surface area contributed by atoms with Gasteiger partial charge in [-0.05, 0) is 37.3 Å². The van der Waals surface area contributed by atoms with Crippen molar-refractivity contribution in [3.8, 4) is 5.69 Å². The summed E-state index contributed by atoms with van der Waals surface area (Å²) in [6.45, 7) is 1.89. The van der Waals surface area contributed by atoms with Gasteiger partial charge in [-0.1, -0.05) is 24.3 Å². The van der Waals surface area contributed by atoms with Crippen LogP contribution in [0, 0.1) is 6.92 Å². The summed E-state index contributed by atoms with van der Waals surface area (Å²) in [6, 6.07) is 6.97. The van der Waals surface area contributed by atoms with Gasteiger partial charge in [-0.3, -0.25) is 0 Å². The van der Waals surface area contributed by atoms with Gasteiger partial charge in [0.25, 0.3) is 0 Å². The molecule has 2 aromatic rings. The number of alkyl halides is 3. The molecule has 0 saturated carbocycles. The predicted octanol–water partition coefficient (Wildman–Crippen LogP) is 4.41. The maximum Gasteiger partial charge on any atom is 0.416 e. The van der Waals surface area contributed by atoms with Gasteiger partial charge < -0.3 is 0 Å². The molecule has 0 saturated heterocycles. The Labute approximate surface area is 120 Å². The standard InChI is InChI=1S/C16H13F3N2/c1-11-10-15(12-4-2-3-5-12)20-21(11)14-8-6-13(7-9-14)16(17,18)19/h2-10,12H,1H3. The van der Waals surface area contributed by atoms with Crippen LogP contribution in [0.5, 0.6) is 0 Å². The highest BCUT2D eigenvalue weighted by Gasteiger charge is 2.30. The Kier molecular flexibility index (Phi) is 3.20. The molecule has 0 unspecified atom stereocenters. The number of aromatic nitrogens is 2. The van der Waals surface area contributed by atoms with E-state index in [1.165, 1.54) is 12.1 Å². The molecule has 0 N–H and O–H groups in total. The third kappa shape index (κ3) is 2.63. The molecule has 3 rings (SSSR count). The fraction of sp³-hybridized carbons (Fsp3) is 0.188. The molecule has 0 aliphatic heterocycles. The molecule has 1 aliphatic carbocycles. The average molecular weight is 290 g/mol. The lowest BCUT2D eigenvalue weighted by molar-refractivity contribution is -0.137. The average Bonchev–Trinajstić information content (AvgIpc) is 3.07. The Morgan fingerprint density at radius 2 is 1.67 bits per heavy atom. The van der Waals surface area contributed by atoms with Crippen molar-refractivity contribution in [2.75, 3.05) is 0 Å². The second kappa shape index (κ2) is 4.91. The van der Waals surface area contributed by atoms with Gasteiger partial charge in [-0.25, -0.2) is 4.68 Å². The first-order valence-corrected chi connectivity index (χ1v) is 6.54. The Morgan fingerprint density at radius 3 is 2.24 bits per heavy atom. The number of halogens is 3. The van der Waals surface area contributed by atoms with Crippen molar-refractivity contribution in [3.05, 3.63) is 71.6 Å². The number of rotatable bonds is 2. The van der Waals surface area contributed by atoms with Crippen LogP contribution in [-0.4, -0.2) is 9.78 Å². The molecule has 21 heavy (non-hydrogen) atoms. The summed E-state index contributed by atoms with van der Waals surface area (Å²) in [4.78, 5) is 0. The highest BCUT2D eigenvalue weighted by molar-refractivity contribution is 5.39. The lowest BCUT2D eigenvalue weighted by Crippen LogP contribution is -2.06. The number of allylic oxidation sites excluding steroid dienone is 4. The van der Waals surface area contributed by atoms with Gasteiger partial charge in [0.15, 0.2) is 0 Å². The fourth-order valence-corrected chi connectivity index (χ4v) is 2.34. The Morgan fingerprint density at radius 1 is 1.05 bits per heavy atom. The van der Waals surface area contributed by atoms with E-state index in [0.29, 0.717) is 5.69 Å². The zero-order valence-electron chi connectivity index (χ0n) is 11.3. The van der Waals surface area contributed by atoms with Gasteiger partial charge in [0.2, 0.25) is 0 Å². The van der Waals surface area contributed by atoms with E-state index in [2.05, 4.69) is 5.10 Å². The maximum atomic E-state index is 12.6. The van der Waals surface area contributed by atoms with Crippen LogP contribution < -0.4 is 0 Å². The molecular formula is C16H13F3N2. The minimum Gasteiger partial charge on any atom is -0.238 e. The van der Waals surface area contributed by atoms with Crippen LogP contribution in [0.1, 0.15) is 22.9 Å². The molecule has 0 atom stereocenters. The Hall–Kier alpha value is -2.30. The first-order chi connectivity index (χ1) is 9.95. The summed E-state index contributed by atoms with van der Waals surface area (Å²) in [5.41, 5.74) is 1.74. The molecule has 1 aliphatic rings. The van der Waals surface area contributed by atoms with E-state index in [4.69, 9.17) is 0 Å². The summed E-state index contributed by atoms with van der Waals surface area (Å²) < 4.78 is 39.4. The van der Waals surface area contributed by atoms with E-state index in [-0.39, 0.29) is 5.92 Å². The molecule has 0 fully saturated rings. The van der Waals surface area contributed by atoms with Crippen LogP contribution in [0.15, 0.2) is 54.6 Å². The van der Waals surface area contributed by atoms with Crippen LogP contribution in [0.2, 0.25) is 0 Å². The SMILES string of the molecule is Cc1cc(C2C=CC=C2)nn1-c1ccc(C(F)(F)F)cc1. The van der Waals surface area contributed by atoms with Crippen LogP contribution >= 0.6 is 0 Å². The van der Waals surface area contributed by atoms with Gasteiger partial charge in [0.1, 0.15) is 0 Å². The fourth-order valence-electron chi connectivity index (χ4n) is 2.34. The molecule has 5 heteroatoms. The molecule has 0 bridgehead atoms. The van der Waals surface area contributed by atoms with Crippen LogP contribution in [0.4, 0.5) is 13.2 Å². The van der Waals surface area contributed by atoms with E-state index in [1.54, 1.807) is 4.68 Å². The third-order valence-corrected chi connectivity index (χ3v) is 3.44. The van der Waals surface area contributed by atoms with Crippen molar-refractivity contribution in [3.63, 3.8) is 0 Å². The quantitative estimate of drug-likeness (QED) is 0.801. The van der Waals surface area contributed by atoms with Gasteiger partial charge in [-0.2, -0.15) is 18.3 Å². The largest absolute Gasteiger partial charge is 0.416 e. The summed E-state index contributed by atoms with van der Waals surface area (Å²) >= 11 is 0. The van der Waals surface area contributed by atoms with Crippen molar-refractivity contribution >= 4 is 0 Å². The van der Waals surface area contributed by atoms with E-state index in [0.717, 1.165) is 23.5 Å². The zero-order valence-corrected chi connectivity index (χ0v) is 11.3. The Balaban J connectivity index is 1.93. The molecule has 108 valence electrons. The summed E-state index contributed by atoms with van der Waals surface area (Å²) in [7, 11) is 0. The van der Waals surface area contributed by atoms with Crippen LogP contribution in [0.25, 0.3) is 5.69 Å². The second-order valence-electron chi connectivity index (χ2n) is 4.96. The lowest BCUT2D eigenvalue weighted by Gasteiger charge is -2.08. The maximum absolute atomic E-state index is 12.6. The number of hydrogen-bond donors (Lipinski definition) is 0. The van der Waals surface area contributed by atoms with Crippen LogP contribution in [0.3, 0.4) is 0 Å². The summed E-state index contributed by atoms with van der Waals surface area (Å²) in [5, 5.41) is 4.49. The molecular weight excluding hydrogens is 277 g/mol. The van der Waals surface area contributed by atoms with Crippen molar-refractivity contribution < 1.29 is 13.2 Å². The predicted molar refractivity (Wildman–Crippen MR) is 74.3 cm³/mol. The molecule has 0 spiro atoms. The second-order valence-corrected chi connectivity index (χ2v) is 4.96. The minimum absolute atomic E-state index is 0.138. The van der Waals surface area contributed by atoms with E-state index in [1.807, 2.05) is 37.3 Å². The highest BCUT2D eigenvalue weighted by atomic mass is 19.4. The zero-order chi connectivity index (χ0) is 15.0. The number of aryl methyl sites for hydroxylation is 1. The molecule has 2 nitrogen and oxygen atoms in total. The van der Waals surface area contributed by atoms with Gasteiger partial charge in [0, 0.05) is 11.6 Å². The first kappa shape index (κ1) is 13.7. The minimum atomic E-state index is -4.32. The van der Waals surface area contributed by atoms with E-state index in [9.17, 15) is 13.2 Å². The molecule has 0 radical (unpaired) electrons. The van der Waals surface area contributed by atoms with Crippen LogP contribution in [-0.2, 0) is 6.18 Å². The summed E-state index contributed by atoms with van der Waals surface area (Å²) in [5.74, 6) is 0.138. The number of nitrogens with zero attached hydrogens (tertiary/aromatic N) is 2. The first-order valence-electron chi connectivity index (χ1n) is 6.54. The highest BCUT2D eigenvalue weighted by Crippen LogP contribution is 2.30. The van der Waals surface area contributed by atoms with E-state index >= 15 is 0 Å². The molecule has 1 aromatic heterocycles. The van der Waals surface area contributed by atoms with Gasteiger partial charge >= 0.3 is 6.18 Å². The number of hydrogen-bond acceptors (Lipinski definition) is 1. The van der Waals surface area contributed by atoms with Crippen molar-refractivity contribution in [2.45, 2.75) is 19.0 Å².